The summed E-state index contributed by atoms with van der Waals surface area (Å²) >= 11 is 0. The molecule has 0 amide bonds. The van der Waals surface area contributed by atoms with Gasteiger partial charge in [0.15, 0.2) is 0 Å². The lowest BCUT2D eigenvalue weighted by molar-refractivity contribution is 0.293. The molecule has 6 rings (SSSR count). The van der Waals surface area contributed by atoms with Crippen molar-refractivity contribution in [1.82, 2.24) is 20.5 Å². The van der Waals surface area contributed by atoms with E-state index in [1.54, 1.807) is 12.1 Å². The number of hydrogen-bond acceptors (Lipinski definition) is 8. The minimum absolute atomic E-state index is 0.273. The van der Waals surface area contributed by atoms with Gasteiger partial charge in [-0.3, -0.25) is 0 Å². The van der Waals surface area contributed by atoms with Gasteiger partial charge in [-0.25, -0.2) is 4.98 Å². The lowest BCUT2D eigenvalue weighted by Crippen LogP contribution is -2.54. The van der Waals surface area contributed by atoms with Crippen LogP contribution in [0.15, 0.2) is 71.3 Å². The van der Waals surface area contributed by atoms with E-state index in [4.69, 9.17) is 4.42 Å². The number of hydrogen-bond donors (Lipinski definition) is 3. The van der Waals surface area contributed by atoms with Gasteiger partial charge in [0.05, 0.1) is 0 Å². The zero-order valence-electron chi connectivity index (χ0n) is 22.4. The number of nitrogens with zero attached hydrogens (tertiary/aromatic N) is 4. The second-order valence-electron chi connectivity index (χ2n) is 10.7. The Morgan fingerprint density at radius 3 is 2.49 bits per heavy atom. The van der Waals surface area contributed by atoms with E-state index in [-0.39, 0.29) is 5.75 Å². The number of aromatic hydroxyl groups is 1. The summed E-state index contributed by atoms with van der Waals surface area (Å²) in [4.78, 5) is 7.10. The second-order valence-corrected chi connectivity index (χ2v) is 10.7. The van der Waals surface area contributed by atoms with Gasteiger partial charge < -0.3 is 25.1 Å². The molecule has 3 atom stereocenters. The van der Waals surface area contributed by atoms with Crippen LogP contribution in [0.25, 0.3) is 22.6 Å². The van der Waals surface area contributed by atoms with Crippen LogP contribution in [0.3, 0.4) is 0 Å². The summed E-state index contributed by atoms with van der Waals surface area (Å²) in [6.45, 7) is 3.87. The molecule has 2 aromatic heterocycles. The van der Waals surface area contributed by atoms with Gasteiger partial charge in [0.25, 0.3) is 0 Å². The van der Waals surface area contributed by atoms with Gasteiger partial charge in [0.2, 0.25) is 11.8 Å². The van der Waals surface area contributed by atoms with Crippen molar-refractivity contribution in [3.8, 4) is 28.3 Å². The average molecular weight is 525 g/mol. The summed E-state index contributed by atoms with van der Waals surface area (Å²) in [7, 11) is 0. The second kappa shape index (κ2) is 11.5. The zero-order chi connectivity index (χ0) is 26.6. The van der Waals surface area contributed by atoms with Crippen molar-refractivity contribution >= 4 is 11.5 Å². The Hall–Kier alpha value is -3.91. The number of rotatable bonds is 7. The van der Waals surface area contributed by atoms with Crippen molar-refractivity contribution in [2.24, 2.45) is 0 Å². The third-order valence-electron chi connectivity index (χ3n) is 7.92. The van der Waals surface area contributed by atoms with Gasteiger partial charge in [-0.05, 0) is 85.3 Å². The number of aromatic nitrogens is 3. The lowest BCUT2D eigenvalue weighted by Gasteiger charge is -2.40. The standard InChI is InChI=1S/C31H36N6O2/c1-21-35-36-31(39-21)22-11-13-26(14-12-22)37-17-5-7-25(20-37)33-28-9-2-3-10-29(28)34-30-19-24(15-16-32-30)23-6-4-8-27(38)18-23/h4,6,8,11-16,18-19,25,28-29,33,38H,2-3,5,7,9-10,17,20H2,1H3,(H,32,34). The van der Waals surface area contributed by atoms with Crippen LogP contribution in [0.1, 0.15) is 44.4 Å². The van der Waals surface area contributed by atoms with E-state index in [9.17, 15) is 5.11 Å². The van der Waals surface area contributed by atoms with Crippen LogP contribution in [0.2, 0.25) is 0 Å². The number of pyridine rings is 1. The van der Waals surface area contributed by atoms with Crippen LogP contribution in [0.5, 0.6) is 5.75 Å². The van der Waals surface area contributed by atoms with E-state index < -0.39 is 0 Å². The molecule has 4 aromatic rings. The number of piperidine rings is 1. The van der Waals surface area contributed by atoms with Crippen LogP contribution in [0, 0.1) is 6.92 Å². The molecule has 1 aliphatic heterocycles. The van der Waals surface area contributed by atoms with E-state index in [1.165, 1.54) is 37.8 Å². The van der Waals surface area contributed by atoms with E-state index in [0.717, 1.165) is 42.0 Å². The molecule has 39 heavy (non-hydrogen) atoms. The Bertz CT molecular complexity index is 1390. The van der Waals surface area contributed by atoms with Gasteiger partial charge in [-0.15, -0.1) is 10.2 Å². The first-order valence-corrected chi connectivity index (χ1v) is 14.0. The highest BCUT2D eigenvalue weighted by atomic mass is 16.4. The summed E-state index contributed by atoms with van der Waals surface area (Å²) in [5.74, 6) is 2.30. The van der Waals surface area contributed by atoms with Crippen LogP contribution in [-0.4, -0.2) is 51.5 Å². The van der Waals surface area contributed by atoms with Crippen LogP contribution in [-0.2, 0) is 0 Å². The number of aryl methyl sites for hydroxylation is 1. The fraction of sp³-hybridized carbons (Fsp3) is 0.387. The smallest absolute Gasteiger partial charge is 0.247 e. The van der Waals surface area contributed by atoms with E-state index in [1.807, 2.05) is 31.3 Å². The molecule has 3 N–H and O–H groups in total. The first-order chi connectivity index (χ1) is 19.1. The Morgan fingerprint density at radius 1 is 0.872 bits per heavy atom. The van der Waals surface area contributed by atoms with Gasteiger partial charge in [0, 0.05) is 55.6 Å². The molecule has 8 heteroatoms. The molecule has 0 spiro atoms. The van der Waals surface area contributed by atoms with Crippen molar-refractivity contribution in [2.75, 3.05) is 23.3 Å². The molecule has 0 radical (unpaired) electrons. The molecule has 1 saturated carbocycles. The van der Waals surface area contributed by atoms with Crippen LogP contribution in [0.4, 0.5) is 11.5 Å². The van der Waals surface area contributed by atoms with Crippen molar-refractivity contribution in [3.05, 3.63) is 72.8 Å². The molecule has 1 aliphatic carbocycles. The Morgan fingerprint density at radius 2 is 1.69 bits per heavy atom. The van der Waals surface area contributed by atoms with Crippen molar-refractivity contribution in [2.45, 2.75) is 63.6 Å². The predicted octanol–water partition coefficient (Wildman–Crippen LogP) is 5.79. The van der Waals surface area contributed by atoms with Crippen molar-refractivity contribution < 1.29 is 9.52 Å². The van der Waals surface area contributed by atoms with E-state index >= 15 is 0 Å². The molecule has 2 fully saturated rings. The molecule has 8 nitrogen and oxygen atoms in total. The number of phenolic OH excluding ortho intramolecular Hbond substituents is 1. The molecule has 2 aliphatic rings. The highest BCUT2D eigenvalue weighted by Crippen LogP contribution is 2.29. The molecule has 0 bridgehead atoms. The normalized spacial score (nSPS) is 21.6. The highest BCUT2D eigenvalue weighted by Gasteiger charge is 2.29. The molecular weight excluding hydrogens is 488 g/mol. The fourth-order valence-electron chi connectivity index (χ4n) is 5.95. The summed E-state index contributed by atoms with van der Waals surface area (Å²) in [6, 6.07) is 21.1. The summed E-state index contributed by atoms with van der Waals surface area (Å²) in [5, 5.41) is 25.7. The van der Waals surface area contributed by atoms with E-state index in [2.05, 4.69) is 61.0 Å². The molecule has 3 unspecified atom stereocenters. The largest absolute Gasteiger partial charge is 0.508 e. The predicted molar refractivity (Wildman–Crippen MR) is 154 cm³/mol. The van der Waals surface area contributed by atoms with Gasteiger partial charge in [-0.1, -0.05) is 25.0 Å². The quantitative estimate of drug-likeness (QED) is 0.279. The first-order valence-electron chi connectivity index (χ1n) is 14.0. The fourth-order valence-corrected chi connectivity index (χ4v) is 5.95. The summed E-state index contributed by atoms with van der Waals surface area (Å²) < 4.78 is 5.58. The molecule has 2 aromatic carbocycles. The summed E-state index contributed by atoms with van der Waals surface area (Å²) in [5.41, 5.74) is 4.21. The van der Waals surface area contributed by atoms with Crippen LogP contribution >= 0.6 is 0 Å². The maximum absolute atomic E-state index is 9.90. The number of benzene rings is 2. The number of nitrogens with one attached hydrogen (secondary N) is 2. The first kappa shape index (κ1) is 25.4. The Kier molecular flexibility index (Phi) is 7.45. The van der Waals surface area contributed by atoms with Crippen molar-refractivity contribution in [1.29, 1.82) is 0 Å². The lowest BCUT2D eigenvalue weighted by atomic mass is 9.89. The minimum Gasteiger partial charge on any atom is -0.508 e. The Balaban J connectivity index is 1.10. The number of anilines is 2. The monoisotopic (exact) mass is 524 g/mol. The third kappa shape index (κ3) is 6.06. The molecule has 202 valence electrons. The highest BCUT2D eigenvalue weighted by molar-refractivity contribution is 5.67. The van der Waals surface area contributed by atoms with Crippen LogP contribution < -0.4 is 15.5 Å². The maximum Gasteiger partial charge on any atom is 0.247 e. The SMILES string of the molecule is Cc1nnc(-c2ccc(N3CCCC(NC4CCCCC4Nc4cc(-c5cccc(O)c5)ccn4)C3)cc2)o1. The minimum atomic E-state index is 0.273. The Labute approximate surface area is 229 Å². The van der Waals surface area contributed by atoms with Gasteiger partial charge in [0.1, 0.15) is 11.6 Å². The third-order valence-corrected chi connectivity index (χ3v) is 7.92. The molecule has 1 saturated heterocycles. The maximum atomic E-state index is 9.90. The molecule has 3 heterocycles. The molecular formula is C31H36N6O2. The zero-order valence-corrected chi connectivity index (χ0v) is 22.4. The van der Waals surface area contributed by atoms with Crippen molar-refractivity contribution in [3.63, 3.8) is 0 Å². The van der Waals surface area contributed by atoms with Gasteiger partial charge >= 0.3 is 0 Å². The summed E-state index contributed by atoms with van der Waals surface area (Å²) in [6.07, 6.45) is 8.97. The van der Waals surface area contributed by atoms with E-state index in [0.29, 0.717) is 29.9 Å². The average Bonchev–Trinajstić information content (AvgIpc) is 3.41. The van der Waals surface area contributed by atoms with Gasteiger partial charge in [-0.2, -0.15) is 0 Å². The topological polar surface area (TPSA) is 99.3 Å². The number of phenols is 1.